The van der Waals surface area contributed by atoms with Crippen LogP contribution in [0.4, 0.5) is 5.13 Å². The molecule has 1 N–H and O–H groups in total. The zero-order valence-corrected chi connectivity index (χ0v) is 20.0. The van der Waals surface area contributed by atoms with Crippen LogP contribution in [-0.4, -0.2) is 56.3 Å². The molecular weight excluding hydrogens is 456 g/mol. The van der Waals surface area contributed by atoms with Crippen LogP contribution in [0.2, 0.25) is 0 Å². The SMILES string of the molecule is Cc1sc(N2CCN(S(=O)(=O)c3ccc(C4CNC(=O)C4)cc3)CC2)nc1-c1ccccc1. The highest BCUT2D eigenvalue weighted by Gasteiger charge is 2.30. The summed E-state index contributed by atoms with van der Waals surface area (Å²) in [5.74, 6) is 0.154. The van der Waals surface area contributed by atoms with E-state index in [1.807, 2.05) is 30.3 Å². The first-order valence-electron chi connectivity index (χ1n) is 11.1. The van der Waals surface area contributed by atoms with Gasteiger partial charge in [-0.2, -0.15) is 4.31 Å². The largest absolute Gasteiger partial charge is 0.355 e. The normalized spacial score (nSPS) is 19.6. The van der Waals surface area contributed by atoms with Crippen LogP contribution >= 0.6 is 11.3 Å². The van der Waals surface area contributed by atoms with Gasteiger partial charge < -0.3 is 10.2 Å². The van der Waals surface area contributed by atoms with Crippen LogP contribution in [0, 0.1) is 6.92 Å². The third-order valence-electron chi connectivity index (χ3n) is 6.31. The number of benzene rings is 2. The molecule has 0 bridgehead atoms. The zero-order chi connectivity index (χ0) is 23.0. The van der Waals surface area contributed by atoms with E-state index in [0.29, 0.717) is 44.0 Å². The van der Waals surface area contributed by atoms with E-state index in [1.165, 1.54) is 0 Å². The van der Waals surface area contributed by atoms with Crippen molar-refractivity contribution < 1.29 is 13.2 Å². The summed E-state index contributed by atoms with van der Waals surface area (Å²) in [4.78, 5) is 19.9. The molecule has 0 radical (unpaired) electrons. The van der Waals surface area contributed by atoms with Crippen LogP contribution in [0.15, 0.2) is 59.5 Å². The second kappa shape index (κ2) is 8.89. The number of sulfonamides is 1. The maximum Gasteiger partial charge on any atom is 0.243 e. The number of hydrogen-bond acceptors (Lipinski definition) is 6. The predicted octanol–water partition coefficient (Wildman–Crippen LogP) is 3.23. The van der Waals surface area contributed by atoms with Gasteiger partial charge in [0.2, 0.25) is 15.9 Å². The Morgan fingerprint density at radius 3 is 2.33 bits per heavy atom. The number of carbonyl (C=O) groups excluding carboxylic acids is 1. The minimum atomic E-state index is -3.56. The quantitative estimate of drug-likeness (QED) is 0.604. The Kier molecular flexibility index (Phi) is 5.94. The highest BCUT2D eigenvalue weighted by molar-refractivity contribution is 7.89. The average molecular weight is 483 g/mol. The van der Waals surface area contributed by atoms with E-state index in [-0.39, 0.29) is 11.8 Å². The number of amides is 1. The Labute approximate surface area is 198 Å². The van der Waals surface area contributed by atoms with E-state index >= 15 is 0 Å². The molecule has 3 aromatic rings. The molecule has 7 nitrogen and oxygen atoms in total. The number of carbonyl (C=O) groups is 1. The number of anilines is 1. The molecule has 0 saturated carbocycles. The number of nitrogens with zero attached hydrogens (tertiary/aromatic N) is 3. The highest BCUT2D eigenvalue weighted by atomic mass is 32.2. The van der Waals surface area contributed by atoms with Crippen LogP contribution in [0.1, 0.15) is 22.8 Å². The van der Waals surface area contributed by atoms with Crippen molar-refractivity contribution in [1.29, 1.82) is 0 Å². The number of thiazole rings is 1. The van der Waals surface area contributed by atoms with Gasteiger partial charge in [-0.15, -0.1) is 11.3 Å². The predicted molar refractivity (Wildman–Crippen MR) is 130 cm³/mol. The standard InChI is InChI=1S/C24H26N4O3S2/c1-17-23(19-5-3-2-4-6-19)26-24(32-17)27-11-13-28(14-12-27)33(30,31)21-9-7-18(8-10-21)20-15-22(29)25-16-20/h2-10,20H,11-16H2,1H3,(H,25,29). The van der Waals surface area contributed by atoms with E-state index in [0.717, 1.165) is 26.8 Å². The van der Waals surface area contributed by atoms with Crippen molar-refractivity contribution in [3.8, 4) is 11.3 Å². The molecule has 1 aromatic heterocycles. The third kappa shape index (κ3) is 4.40. The fourth-order valence-electron chi connectivity index (χ4n) is 4.40. The Morgan fingerprint density at radius 1 is 1.00 bits per heavy atom. The summed E-state index contributed by atoms with van der Waals surface area (Å²) < 4.78 is 27.9. The lowest BCUT2D eigenvalue weighted by Gasteiger charge is -2.33. The summed E-state index contributed by atoms with van der Waals surface area (Å²) in [6.45, 7) is 4.73. The molecule has 0 aliphatic carbocycles. The summed E-state index contributed by atoms with van der Waals surface area (Å²) in [5, 5.41) is 3.76. The van der Waals surface area contributed by atoms with Crippen LogP contribution in [0.25, 0.3) is 11.3 Å². The molecule has 0 spiro atoms. The topological polar surface area (TPSA) is 82.6 Å². The minimum absolute atomic E-state index is 0.0425. The van der Waals surface area contributed by atoms with Crippen molar-refractivity contribution in [2.75, 3.05) is 37.6 Å². The molecule has 2 fully saturated rings. The van der Waals surface area contributed by atoms with Gasteiger partial charge in [0.1, 0.15) is 0 Å². The fourth-order valence-corrected chi connectivity index (χ4v) is 6.81. The van der Waals surface area contributed by atoms with Crippen molar-refractivity contribution in [3.05, 3.63) is 65.0 Å². The van der Waals surface area contributed by atoms with Gasteiger partial charge >= 0.3 is 0 Å². The van der Waals surface area contributed by atoms with E-state index in [1.54, 1.807) is 27.8 Å². The monoisotopic (exact) mass is 482 g/mol. The lowest BCUT2D eigenvalue weighted by atomic mass is 9.99. The number of nitrogens with one attached hydrogen (secondary N) is 1. The first kappa shape index (κ1) is 22.1. The lowest BCUT2D eigenvalue weighted by molar-refractivity contribution is -0.119. The van der Waals surface area contributed by atoms with Gasteiger partial charge in [0, 0.05) is 55.5 Å². The summed E-state index contributed by atoms with van der Waals surface area (Å²) in [5.41, 5.74) is 3.08. The van der Waals surface area contributed by atoms with Crippen molar-refractivity contribution in [3.63, 3.8) is 0 Å². The molecule has 2 aliphatic heterocycles. The van der Waals surface area contributed by atoms with Crippen LogP contribution < -0.4 is 10.2 Å². The Morgan fingerprint density at radius 2 is 1.70 bits per heavy atom. The highest BCUT2D eigenvalue weighted by Crippen LogP contribution is 2.33. The summed E-state index contributed by atoms with van der Waals surface area (Å²) in [7, 11) is -3.56. The van der Waals surface area contributed by atoms with Gasteiger partial charge in [0.25, 0.3) is 0 Å². The van der Waals surface area contributed by atoms with Gasteiger partial charge in [-0.3, -0.25) is 4.79 Å². The smallest absolute Gasteiger partial charge is 0.243 e. The number of aromatic nitrogens is 1. The van der Waals surface area contributed by atoms with E-state index < -0.39 is 10.0 Å². The average Bonchev–Trinajstić information content (AvgIpc) is 3.45. The first-order valence-corrected chi connectivity index (χ1v) is 13.3. The maximum atomic E-state index is 13.2. The molecule has 2 aliphatic rings. The van der Waals surface area contributed by atoms with Gasteiger partial charge in [-0.1, -0.05) is 42.5 Å². The van der Waals surface area contributed by atoms with E-state index in [2.05, 4.69) is 29.3 Å². The van der Waals surface area contributed by atoms with E-state index in [4.69, 9.17) is 4.98 Å². The van der Waals surface area contributed by atoms with Gasteiger partial charge in [0.05, 0.1) is 10.6 Å². The summed E-state index contributed by atoms with van der Waals surface area (Å²) >= 11 is 1.65. The number of rotatable bonds is 5. The molecule has 1 unspecified atom stereocenters. The molecular formula is C24H26N4O3S2. The molecule has 5 rings (SSSR count). The molecule has 33 heavy (non-hydrogen) atoms. The Bertz CT molecular complexity index is 1250. The molecule has 3 heterocycles. The van der Waals surface area contributed by atoms with Crippen LogP contribution in [-0.2, 0) is 14.8 Å². The maximum absolute atomic E-state index is 13.2. The number of hydrogen-bond donors (Lipinski definition) is 1. The van der Waals surface area contributed by atoms with Crippen molar-refractivity contribution in [1.82, 2.24) is 14.6 Å². The molecule has 2 aromatic carbocycles. The second-order valence-corrected chi connectivity index (χ2v) is 11.6. The lowest BCUT2D eigenvalue weighted by Crippen LogP contribution is -2.48. The fraction of sp³-hybridized carbons (Fsp3) is 0.333. The van der Waals surface area contributed by atoms with Crippen molar-refractivity contribution in [2.45, 2.75) is 24.2 Å². The number of aryl methyl sites for hydroxylation is 1. The summed E-state index contributed by atoms with van der Waals surface area (Å²) in [6.07, 6.45) is 0.455. The van der Waals surface area contributed by atoms with Crippen molar-refractivity contribution >= 4 is 32.4 Å². The second-order valence-electron chi connectivity index (χ2n) is 8.43. The van der Waals surface area contributed by atoms with Crippen LogP contribution in [0.3, 0.4) is 0 Å². The van der Waals surface area contributed by atoms with Crippen LogP contribution in [0.5, 0.6) is 0 Å². The Balaban J connectivity index is 1.26. The minimum Gasteiger partial charge on any atom is -0.355 e. The molecule has 1 atom stereocenters. The zero-order valence-electron chi connectivity index (χ0n) is 18.4. The molecule has 9 heteroatoms. The molecule has 2 saturated heterocycles. The number of piperazine rings is 1. The van der Waals surface area contributed by atoms with Crippen molar-refractivity contribution in [2.24, 2.45) is 0 Å². The molecule has 1 amide bonds. The van der Waals surface area contributed by atoms with Gasteiger partial charge in [-0.05, 0) is 24.6 Å². The molecule has 172 valence electrons. The summed E-state index contributed by atoms with van der Waals surface area (Å²) in [6, 6.07) is 17.1. The van der Waals surface area contributed by atoms with E-state index in [9.17, 15) is 13.2 Å². The van der Waals surface area contributed by atoms with Gasteiger partial charge in [-0.25, -0.2) is 13.4 Å². The first-order chi connectivity index (χ1) is 15.9. The van der Waals surface area contributed by atoms with Gasteiger partial charge in [0.15, 0.2) is 5.13 Å². The third-order valence-corrected chi connectivity index (χ3v) is 9.25. The Hall–Kier alpha value is -2.75.